The molecule has 1 rings (SSSR count). The van der Waals surface area contributed by atoms with Gasteiger partial charge in [-0.2, -0.15) is 0 Å². The van der Waals surface area contributed by atoms with E-state index in [0.717, 1.165) is 5.56 Å². The lowest BCUT2D eigenvalue weighted by atomic mass is 10.1. The zero-order valence-electron chi connectivity index (χ0n) is 7.27. The molecule has 1 aromatic rings. The fourth-order valence-corrected chi connectivity index (χ4v) is 1.64. The molecular weight excluding hydrogens is 230 g/mol. The van der Waals surface area contributed by atoms with Gasteiger partial charge in [0.1, 0.15) is 5.75 Å². The number of alkyl halides is 3. The predicted molar refractivity (Wildman–Crippen MR) is 57.0 cm³/mol. The maximum atomic E-state index is 5.77. The van der Waals surface area contributed by atoms with Crippen molar-refractivity contribution in [3.63, 3.8) is 0 Å². The second-order valence-corrected chi connectivity index (χ2v) is 4.96. The molecule has 0 radical (unpaired) electrons. The van der Waals surface area contributed by atoms with Crippen molar-refractivity contribution in [1.29, 1.82) is 0 Å². The van der Waals surface area contributed by atoms with Crippen LogP contribution in [-0.4, -0.2) is 7.11 Å². The van der Waals surface area contributed by atoms with Gasteiger partial charge in [0.15, 0.2) is 0 Å². The summed E-state index contributed by atoms with van der Waals surface area (Å²) in [4.78, 5) is 0. The van der Waals surface area contributed by atoms with Crippen LogP contribution in [0.4, 0.5) is 0 Å². The summed E-state index contributed by atoms with van der Waals surface area (Å²) in [6.07, 6.45) is 0. The first-order chi connectivity index (χ1) is 5.95. The van der Waals surface area contributed by atoms with Gasteiger partial charge in [0, 0.05) is 5.56 Å². The minimum Gasteiger partial charge on any atom is -0.497 e. The predicted octanol–water partition coefficient (Wildman–Crippen LogP) is 3.83. The molecular formula is C9H9Cl3O. The Balaban J connectivity index is 3.19. The van der Waals surface area contributed by atoms with Crippen molar-refractivity contribution >= 4 is 34.8 Å². The fraction of sp³-hybridized carbons (Fsp3) is 0.333. The molecule has 0 atom stereocenters. The van der Waals surface area contributed by atoms with Gasteiger partial charge in [-0.3, -0.25) is 0 Å². The number of ether oxygens (including phenoxy) is 1. The van der Waals surface area contributed by atoms with E-state index in [1.54, 1.807) is 13.2 Å². The normalized spacial score (nSPS) is 11.5. The van der Waals surface area contributed by atoms with Gasteiger partial charge in [0.05, 0.1) is 7.11 Å². The second-order valence-electron chi connectivity index (χ2n) is 2.68. The first-order valence-electron chi connectivity index (χ1n) is 3.67. The average molecular weight is 240 g/mol. The summed E-state index contributed by atoms with van der Waals surface area (Å²) in [5.41, 5.74) is 1.58. The number of benzene rings is 1. The van der Waals surface area contributed by atoms with E-state index in [2.05, 4.69) is 0 Å². The van der Waals surface area contributed by atoms with Crippen molar-refractivity contribution in [2.75, 3.05) is 7.11 Å². The van der Waals surface area contributed by atoms with Crippen molar-refractivity contribution in [3.05, 3.63) is 29.3 Å². The molecule has 0 aliphatic rings. The lowest BCUT2D eigenvalue weighted by Gasteiger charge is -2.15. The van der Waals surface area contributed by atoms with Crippen molar-refractivity contribution in [1.82, 2.24) is 0 Å². The summed E-state index contributed by atoms with van der Waals surface area (Å²) in [6, 6.07) is 5.41. The van der Waals surface area contributed by atoms with Gasteiger partial charge in [0.25, 0.3) is 0 Å². The standard InChI is InChI=1S/C9H9Cl3O/c1-6-3-4-7(13-2)5-8(6)9(10,11)12/h3-5H,1-2H3. The van der Waals surface area contributed by atoms with Crippen molar-refractivity contribution < 1.29 is 4.74 Å². The van der Waals surface area contributed by atoms with Crippen LogP contribution < -0.4 is 4.74 Å². The number of rotatable bonds is 1. The number of halogens is 3. The molecule has 0 N–H and O–H groups in total. The number of hydrogen-bond acceptors (Lipinski definition) is 1. The summed E-state index contributed by atoms with van der Waals surface area (Å²) in [5.74, 6) is 0.687. The van der Waals surface area contributed by atoms with Gasteiger partial charge in [-0.1, -0.05) is 40.9 Å². The molecule has 0 heterocycles. The highest BCUT2D eigenvalue weighted by Gasteiger charge is 2.25. The van der Waals surface area contributed by atoms with Crippen molar-refractivity contribution in [2.24, 2.45) is 0 Å². The van der Waals surface area contributed by atoms with Crippen LogP contribution in [0.25, 0.3) is 0 Å². The number of aryl methyl sites for hydroxylation is 1. The topological polar surface area (TPSA) is 9.23 Å². The van der Waals surface area contributed by atoms with E-state index in [9.17, 15) is 0 Å². The Hall–Kier alpha value is -0.110. The highest BCUT2D eigenvalue weighted by atomic mass is 35.6. The number of hydrogen-bond donors (Lipinski definition) is 0. The monoisotopic (exact) mass is 238 g/mol. The third-order valence-corrected chi connectivity index (χ3v) is 2.36. The third kappa shape index (κ3) is 2.67. The second kappa shape index (κ2) is 3.95. The Kier molecular flexibility index (Phi) is 3.33. The lowest BCUT2D eigenvalue weighted by molar-refractivity contribution is 0.414. The Morgan fingerprint density at radius 1 is 1.23 bits per heavy atom. The molecule has 0 amide bonds. The Labute approximate surface area is 92.5 Å². The van der Waals surface area contributed by atoms with Crippen LogP contribution in [0.5, 0.6) is 5.75 Å². The van der Waals surface area contributed by atoms with E-state index in [1.165, 1.54) is 0 Å². The molecule has 0 spiro atoms. The average Bonchev–Trinajstić information content (AvgIpc) is 2.03. The van der Waals surface area contributed by atoms with Gasteiger partial charge in [0.2, 0.25) is 3.79 Å². The van der Waals surface area contributed by atoms with Crippen LogP contribution in [0.2, 0.25) is 0 Å². The Morgan fingerprint density at radius 3 is 2.31 bits per heavy atom. The molecule has 0 aliphatic carbocycles. The maximum absolute atomic E-state index is 5.77. The molecule has 1 nitrogen and oxygen atoms in total. The maximum Gasteiger partial charge on any atom is 0.216 e. The van der Waals surface area contributed by atoms with Crippen molar-refractivity contribution in [3.8, 4) is 5.75 Å². The molecule has 0 aliphatic heterocycles. The quantitative estimate of drug-likeness (QED) is 0.677. The van der Waals surface area contributed by atoms with Gasteiger partial charge in [-0.25, -0.2) is 0 Å². The van der Waals surface area contributed by atoms with Gasteiger partial charge < -0.3 is 4.74 Å². The Bertz CT molecular complexity index is 304. The van der Waals surface area contributed by atoms with Gasteiger partial charge >= 0.3 is 0 Å². The molecule has 0 bridgehead atoms. The fourth-order valence-electron chi connectivity index (χ4n) is 1.03. The van der Waals surface area contributed by atoms with E-state index >= 15 is 0 Å². The molecule has 0 fully saturated rings. The third-order valence-electron chi connectivity index (χ3n) is 1.75. The largest absolute Gasteiger partial charge is 0.497 e. The van der Waals surface area contributed by atoms with Crippen LogP contribution in [0.15, 0.2) is 18.2 Å². The lowest BCUT2D eigenvalue weighted by Crippen LogP contribution is -2.03. The number of methoxy groups -OCH3 is 1. The first-order valence-corrected chi connectivity index (χ1v) is 4.80. The molecule has 0 unspecified atom stereocenters. The molecule has 0 aromatic heterocycles. The smallest absolute Gasteiger partial charge is 0.216 e. The minimum atomic E-state index is -1.39. The van der Waals surface area contributed by atoms with E-state index in [0.29, 0.717) is 11.3 Å². The van der Waals surface area contributed by atoms with Crippen LogP contribution >= 0.6 is 34.8 Å². The van der Waals surface area contributed by atoms with Crippen LogP contribution in [0.1, 0.15) is 11.1 Å². The first kappa shape index (κ1) is 11.0. The van der Waals surface area contributed by atoms with E-state index < -0.39 is 3.79 Å². The highest BCUT2D eigenvalue weighted by molar-refractivity contribution is 6.66. The summed E-state index contributed by atoms with van der Waals surface area (Å²) in [5, 5.41) is 0. The zero-order valence-corrected chi connectivity index (χ0v) is 9.54. The molecule has 4 heteroatoms. The van der Waals surface area contributed by atoms with E-state index in [-0.39, 0.29) is 0 Å². The van der Waals surface area contributed by atoms with Crippen LogP contribution in [-0.2, 0) is 3.79 Å². The van der Waals surface area contributed by atoms with E-state index in [4.69, 9.17) is 39.5 Å². The molecule has 13 heavy (non-hydrogen) atoms. The summed E-state index contributed by atoms with van der Waals surface area (Å²) in [6.45, 7) is 1.89. The van der Waals surface area contributed by atoms with E-state index in [1.807, 2.05) is 19.1 Å². The highest BCUT2D eigenvalue weighted by Crippen LogP contribution is 2.41. The minimum absolute atomic E-state index is 0.650. The molecule has 1 aromatic carbocycles. The molecule has 0 saturated carbocycles. The summed E-state index contributed by atoms with van der Waals surface area (Å²) in [7, 11) is 1.58. The summed E-state index contributed by atoms with van der Waals surface area (Å²) >= 11 is 17.3. The van der Waals surface area contributed by atoms with Crippen molar-refractivity contribution in [2.45, 2.75) is 10.7 Å². The van der Waals surface area contributed by atoms with Gasteiger partial charge in [-0.05, 0) is 24.6 Å². The van der Waals surface area contributed by atoms with Crippen LogP contribution in [0, 0.1) is 6.92 Å². The zero-order chi connectivity index (χ0) is 10.1. The molecule has 72 valence electrons. The Morgan fingerprint density at radius 2 is 1.85 bits per heavy atom. The summed E-state index contributed by atoms with van der Waals surface area (Å²) < 4.78 is 3.64. The van der Waals surface area contributed by atoms with Crippen LogP contribution in [0.3, 0.4) is 0 Å². The molecule has 0 saturated heterocycles. The van der Waals surface area contributed by atoms with Gasteiger partial charge in [-0.15, -0.1) is 0 Å². The SMILES string of the molecule is COc1ccc(C)c(C(Cl)(Cl)Cl)c1.